The topological polar surface area (TPSA) is 58.6 Å². The SMILES string of the molecule is O=C1Nc2cc(O)ccc2OC1Cc1ccccc1. The molecule has 19 heavy (non-hydrogen) atoms. The van der Waals surface area contributed by atoms with Gasteiger partial charge in [-0.3, -0.25) is 4.79 Å². The molecule has 0 saturated carbocycles. The first kappa shape index (κ1) is 11.6. The van der Waals surface area contributed by atoms with Crippen molar-refractivity contribution in [2.75, 3.05) is 5.32 Å². The van der Waals surface area contributed by atoms with Crippen molar-refractivity contribution in [1.29, 1.82) is 0 Å². The van der Waals surface area contributed by atoms with Crippen molar-refractivity contribution in [2.24, 2.45) is 0 Å². The zero-order valence-corrected chi connectivity index (χ0v) is 10.2. The lowest BCUT2D eigenvalue weighted by Gasteiger charge is -2.25. The van der Waals surface area contributed by atoms with E-state index < -0.39 is 6.10 Å². The summed E-state index contributed by atoms with van der Waals surface area (Å²) < 4.78 is 5.68. The van der Waals surface area contributed by atoms with E-state index in [1.165, 1.54) is 12.1 Å². The van der Waals surface area contributed by atoms with Gasteiger partial charge in [-0.15, -0.1) is 0 Å². The number of phenolic OH excluding ortho intramolecular Hbond substituents is 1. The molecule has 1 unspecified atom stereocenters. The number of anilines is 1. The van der Waals surface area contributed by atoms with Gasteiger partial charge in [-0.2, -0.15) is 0 Å². The minimum Gasteiger partial charge on any atom is -0.508 e. The van der Waals surface area contributed by atoms with Gasteiger partial charge in [-0.25, -0.2) is 0 Å². The van der Waals surface area contributed by atoms with Crippen LogP contribution < -0.4 is 10.1 Å². The molecule has 2 N–H and O–H groups in total. The second-order valence-corrected chi connectivity index (χ2v) is 4.47. The molecular weight excluding hydrogens is 242 g/mol. The van der Waals surface area contributed by atoms with Crippen molar-refractivity contribution in [2.45, 2.75) is 12.5 Å². The molecule has 2 aromatic rings. The fourth-order valence-electron chi connectivity index (χ4n) is 2.10. The lowest BCUT2D eigenvalue weighted by atomic mass is 10.1. The summed E-state index contributed by atoms with van der Waals surface area (Å²) in [6, 6.07) is 14.4. The van der Waals surface area contributed by atoms with E-state index in [0.717, 1.165) is 5.56 Å². The summed E-state index contributed by atoms with van der Waals surface area (Å²) in [5, 5.41) is 12.1. The number of ether oxygens (including phenoxy) is 1. The predicted molar refractivity (Wildman–Crippen MR) is 71.3 cm³/mol. The Morgan fingerprint density at radius 1 is 1.16 bits per heavy atom. The van der Waals surface area contributed by atoms with Crippen molar-refractivity contribution in [3.05, 3.63) is 54.1 Å². The zero-order chi connectivity index (χ0) is 13.2. The maximum absolute atomic E-state index is 12.0. The molecule has 0 radical (unpaired) electrons. The quantitative estimate of drug-likeness (QED) is 0.866. The van der Waals surface area contributed by atoms with Crippen LogP contribution in [-0.2, 0) is 11.2 Å². The van der Waals surface area contributed by atoms with Crippen LogP contribution in [0.25, 0.3) is 0 Å². The number of carbonyl (C=O) groups is 1. The van der Waals surface area contributed by atoms with E-state index in [9.17, 15) is 9.90 Å². The van der Waals surface area contributed by atoms with Crippen molar-refractivity contribution >= 4 is 11.6 Å². The fraction of sp³-hybridized carbons (Fsp3) is 0.133. The average Bonchev–Trinajstić information content (AvgIpc) is 2.41. The van der Waals surface area contributed by atoms with Crippen LogP contribution in [0, 0.1) is 0 Å². The number of phenols is 1. The maximum Gasteiger partial charge on any atom is 0.265 e. The van der Waals surface area contributed by atoms with Gasteiger partial charge in [0.05, 0.1) is 5.69 Å². The highest BCUT2D eigenvalue weighted by atomic mass is 16.5. The molecule has 0 fully saturated rings. The minimum atomic E-state index is -0.542. The molecule has 2 aromatic carbocycles. The minimum absolute atomic E-state index is 0.101. The second-order valence-electron chi connectivity index (χ2n) is 4.47. The number of hydrogen-bond donors (Lipinski definition) is 2. The van der Waals surface area contributed by atoms with E-state index in [-0.39, 0.29) is 11.7 Å². The van der Waals surface area contributed by atoms with Gasteiger partial charge in [0.1, 0.15) is 11.5 Å². The third-order valence-corrected chi connectivity index (χ3v) is 3.05. The van der Waals surface area contributed by atoms with Crippen LogP contribution in [0.2, 0.25) is 0 Å². The standard InChI is InChI=1S/C15H13NO3/c17-11-6-7-13-12(9-11)16-15(18)14(19-13)8-10-4-2-1-3-5-10/h1-7,9,14,17H,8H2,(H,16,18). The predicted octanol–water partition coefficient (Wildman–Crippen LogP) is 2.33. The molecule has 1 aliphatic rings. The molecule has 0 spiro atoms. The third kappa shape index (κ3) is 2.38. The molecule has 3 rings (SSSR count). The summed E-state index contributed by atoms with van der Waals surface area (Å²) in [5.74, 6) is 0.490. The first-order valence-electron chi connectivity index (χ1n) is 6.07. The van der Waals surface area contributed by atoms with Crippen LogP contribution in [0.5, 0.6) is 11.5 Å². The van der Waals surface area contributed by atoms with Crippen molar-refractivity contribution in [3.8, 4) is 11.5 Å². The number of amides is 1. The molecule has 0 saturated heterocycles. The van der Waals surface area contributed by atoms with Gasteiger partial charge in [0.2, 0.25) is 0 Å². The van der Waals surface area contributed by atoms with Crippen LogP contribution in [0.4, 0.5) is 5.69 Å². The Labute approximate surface area is 110 Å². The first-order valence-corrected chi connectivity index (χ1v) is 6.07. The van der Waals surface area contributed by atoms with Gasteiger partial charge in [0.25, 0.3) is 5.91 Å². The van der Waals surface area contributed by atoms with E-state index >= 15 is 0 Å². The molecule has 1 aliphatic heterocycles. The number of nitrogens with one attached hydrogen (secondary N) is 1. The molecular formula is C15H13NO3. The molecule has 96 valence electrons. The summed E-state index contributed by atoms with van der Waals surface area (Å²) >= 11 is 0. The maximum atomic E-state index is 12.0. The third-order valence-electron chi connectivity index (χ3n) is 3.05. The van der Waals surface area contributed by atoms with Crippen LogP contribution in [-0.4, -0.2) is 17.1 Å². The highest BCUT2D eigenvalue weighted by Gasteiger charge is 2.27. The number of carbonyl (C=O) groups excluding carboxylic acids is 1. The molecule has 0 bridgehead atoms. The van der Waals surface area contributed by atoms with Crippen molar-refractivity contribution in [3.63, 3.8) is 0 Å². The van der Waals surface area contributed by atoms with E-state index in [0.29, 0.717) is 17.9 Å². The summed E-state index contributed by atoms with van der Waals surface area (Å²) in [6.45, 7) is 0. The highest BCUT2D eigenvalue weighted by Crippen LogP contribution is 2.33. The first-order chi connectivity index (χ1) is 9.22. The lowest BCUT2D eigenvalue weighted by molar-refractivity contribution is -0.123. The summed E-state index contributed by atoms with van der Waals surface area (Å²) in [4.78, 5) is 12.0. The van der Waals surface area contributed by atoms with E-state index in [2.05, 4.69) is 5.32 Å². The molecule has 1 amide bonds. The second kappa shape index (κ2) is 4.65. The normalized spacial score (nSPS) is 17.3. The number of hydrogen-bond acceptors (Lipinski definition) is 3. The Hall–Kier alpha value is -2.49. The molecule has 0 aliphatic carbocycles. The van der Waals surface area contributed by atoms with Crippen LogP contribution >= 0.6 is 0 Å². The summed E-state index contributed by atoms with van der Waals surface area (Å²) in [6.07, 6.45) is -0.0214. The number of rotatable bonds is 2. The zero-order valence-electron chi connectivity index (χ0n) is 10.2. The Morgan fingerprint density at radius 3 is 2.74 bits per heavy atom. The molecule has 0 aromatic heterocycles. The van der Waals surface area contributed by atoms with Gasteiger partial charge in [-0.05, 0) is 17.7 Å². The van der Waals surface area contributed by atoms with Gasteiger partial charge in [-0.1, -0.05) is 30.3 Å². The highest BCUT2D eigenvalue weighted by molar-refractivity contribution is 5.98. The summed E-state index contributed by atoms with van der Waals surface area (Å²) in [5.41, 5.74) is 1.55. The number of benzene rings is 2. The van der Waals surface area contributed by atoms with Crippen molar-refractivity contribution < 1.29 is 14.6 Å². The number of fused-ring (bicyclic) bond motifs is 1. The number of aromatic hydroxyl groups is 1. The van der Waals surface area contributed by atoms with Crippen LogP contribution in [0.1, 0.15) is 5.56 Å². The summed E-state index contributed by atoms with van der Waals surface area (Å²) in [7, 11) is 0. The molecule has 1 heterocycles. The Kier molecular flexibility index (Phi) is 2.83. The van der Waals surface area contributed by atoms with Gasteiger partial charge in [0, 0.05) is 12.5 Å². The van der Waals surface area contributed by atoms with Gasteiger partial charge >= 0.3 is 0 Å². The monoisotopic (exact) mass is 255 g/mol. The lowest BCUT2D eigenvalue weighted by Crippen LogP contribution is -2.38. The van der Waals surface area contributed by atoms with E-state index in [1.807, 2.05) is 30.3 Å². The Balaban J connectivity index is 1.82. The van der Waals surface area contributed by atoms with E-state index in [4.69, 9.17) is 4.74 Å². The average molecular weight is 255 g/mol. The largest absolute Gasteiger partial charge is 0.508 e. The van der Waals surface area contributed by atoms with Crippen molar-refractivity contribution in [1.82, 2.24) is 0 Å². The van der Waals surface area contributed by atoms with E-state index in [1.54, 1.807) is 6.07 Å². The van der Waals surface area contributed by atoms with Gasteiger partial charge < -0.3 is 15.2 Å². The molecule has 4 heteroatoms. The van der Waals surface area contributed by atoms with Crippen LogP contribution in [0.3, 0.4) is 0 Å². The van der Waals surface area contributed by atoms with Crippen LogP contribution in [0.15, 0.2) is 48.5 Å². The Bertz CT molecular complexity index is 610. The van der Waals surface area contributed by atoms with Gasteiger partial charge in [0.15, 0.2) is 6.10 Å². The fourth-order valence-corrected chi connectivity index (χ4v) is 2.10. The molecule has 4 nitrogen and oxygen atoms in total. The Morgan fingerprint density at radius 2 is 1.95 bits per heavy atom. The molecule has 1 atom stereocenters. The smallest absolute Gasteiger partial charge is 0.265 e.